The molecule has 1 aromatic heterocycles. The predicted octanol–water partition coefficient (Wildman–Crippen LogP) is 3.47. The van der Waals surface area contributed by atoms with E-state index in [1.165, 1.54) is 11.3 Å². The van der Waals surface area contributed by atoms with Crippen LogP contribution < -0.4 is 5.73 Å². The van der Waals surface area contributed by atoms with Crippen LogP contribution in [0.25, 0.3) is 11.1 Å². The van der Waals surface area contributed by atoms with E-state index in [1.54, 1.807) is 6.20 Å². The van der Waals surface area contributed by atoms with E-state index in [9.17, 15) is 5.11 Å². The highest BCUT2D eigenvalue weighted by atomic mass is 32.1. The molecule has 0 aliphatic carbocycles. The monoisotopic (exact) mass is 282 g/mol. The number of anilines is 1. The van der Waals surface area contributed by atoms with Crippen LogP contribution in [0, 0.1) is 0 Å². The molecule has 0 amide bonds. The van der Waals surface area contributed by atoms with Crippen LogP contribution in [0.1, 0.15) is 16.5 Å². The molecule has 3 rings (SSSR count). The highest BCUT2D eigenvalue weighted by Crippen LogP contribution is 2.29. The summed E-state index contributed by atoms with van der Waals surface area (Å²) >= 11 is 1.31. The molecule has 1 atom stereocenters. The quantitative estimate of drug-likeness (QED) is 0.773. The zero-order valence-corrected chi connectivity index (χ0v) is 11.5. The molecule has 0 saturated carbocycles. The summed E-state index contributed by atoms with van der Waals surface area (Å²) in [5.41, 5.74) is 8.72. The molecular weight excluding hydrogens is 268 g/mol. The predicted molar refractivity (Wildman–Crippen MR) is 82.5 cm³/mol. The third-order valence-corrected chi connectivity index (χ3v) is 4.02. The average Bonchev–Trinajstić information content (AvgIpc) is 2.94. The van der Waals surface area contributed by atoms with Gasteiger partial charge in [0.1, 0.15) is 6.10 Å². The Morgan fingerprint density at radius 2 is 1.60 bits per heavy atom. The van der Waals surface area contributed by atoms with Crippen LogP contribution >= 0.6 is 11.3 Å². The van der Waals surface area contributed by atoms with E-state index in [0.717, 1.165) is 21.6 Å². The second-order valence-corrected chi connectivity index (χ2v) is 5.59. The van der Waals surface area contributed by atoms with Crippen molar-refractivity contribution in [1.29, 1.82) is 0 Å². The Bertz CT molecular complexity index is 692. The highest BCUT2D eigenvalue weighted by molar-refractivity contribution is 7.15. The molecule has 0 aliphatic rings. The van der Waals surface area contributed by atoms with Crippen molar-refractivity contribution in [2.24, 2.45) is 0 Å². The van der Waals surface area contributed by atoms with Crippen LogP contribution in [0.5, 0.6) is 0 Å². The van der Waals surface area contributed by atoms with E-state index >= 15 is 0 Å². The number of benzene rings is 2. The summed E-state index contributed by atoms with van der Waals surface area (Å²) in [4.78, 5) is 4.72. The van der Waals surface area contributed by atoms with Crippen LogP contribution in [0.2, 0.25) is 0 Å². The lowest BCUT2D eigenvalue weighted by atomic mass is 10.0. The van der Waals surface area contributed by atoms with Crippen molar-refractivity contribution in [1.82, 2.24) is 4.98 Å². The summed E-state index contributed by atoms with van der Waals surface area (Å²) in [7, 11) is 0. The van der Waals surface area contributed by atoms with E-state index in [4.69, 9.17) is 5.73 Å². The van der Waals surface area contributed by atoms with Gasteiger partial charge in [0, 0.05) is 6.20 Å². The van der Waals surface area contributed by atoms with Crippen LogP contribution in [-0.4, -0.2) is 10.1 Å². The SMILES string of the molecule is Nc1ncc(C(O)c2ccc(-c3ccccc3)cc2)s1. The Hall–Kier alpha value is -2.17. The van der Waals surface area contributed by atoms with E-state index in [-0.39, 0.29) is 0 Å². The molecule has 0 radical (unpaired) electrons. The van der Waals surface area contributed by atoms with Gasteiger partial charge < -0.3 is 10.8 Å². The van der Waals surface area contributed by atoms with Gasteiger partial charge in [-0.05, 0) is 16.7 Å². The molecule has 0 fully saturated rings. The Balaban J connectivity index is 1.86. The fourth-order valence-corrected chi connectivity index (χ4v) is 2.78. The molecule has 0 aliphatic heterocycles. The summed E-state index contributed by atoms with van der Waals surface area (Å²) in [6.45, 7) is 0. The van der Waals surface area contributed by atoms with Gasteiger partial charge in [-0.2, -0.15) is 0 Å². The number of nitrogens with zero attached hydrogens (tertiary/aromatic N) is 1. The van der Waals surface area contributed by atoms with Gasteiger partial charge in [-0.3, -0.25) is 0 Å². The number of rotatable bonds is 3. The zero-order valence-electron chi connectivity index (χ0n) is 10.7. The van der Waals surface area contributed by atoms with Gasteiger partial charge in [0.05, 0.1) is 4.88 Å². The van der Waals surface area contributed by atoms with Gasteiger partial charge in [-0.1, -0.05) is 65.9 Å². The minimum Gasteiger partial charge on any atom is -0.383 e. The van der Waals surface area contributed by atoms with Gasteiger partial charge in [0.2, 0.25) is 0 Å². The molecule has 1 unspecified atom stereocenters. The van der Waals surface area contributed by atoms with Crippen LogP contribution in [0.4, 0.5) is 5.13 Å². The molecule has 0 spiro atoms. The van der Waals surface area contributed by atoms with E-state index in [1.807, 2.05) is 42.5 Å². The van der Waals surface area contributed by atoms with Crippen LogP contribution in [0.3, 0.4) is 0 Å². The normalized spacial score (nSPS) is 12.2. The Kier molecular flexibility index (Phi) is 3.50. The molecule has 100 valence electrons. The largest absolute Gasteiger partial charge is 0.383 e. The van der Waals surface area contributed by atoms with Crippen molar-refractivity contribution < 1.29 is 5.11 Å². The van der Waals surface area contributed by atoms with Crippen molar-refractivity contribution >= 4 is 16.5 Å². The number of thiazole rings is 1. The maximum absolute atomic E-state index is 10.3. The fraction of sp³-hybridized carbons (Fsp3) is 0.0625. The number of nitrogens with two attached hydrogens (primary N) is 1. The van der Waals surface area contributed by atoms with E-state index in [0.29, 0.717) is 5.13 Å². The lowest BCUT2D eigenvalue weighted by Crippen LogP contribution is -1.96. The van der Waals surface area contributed by atoms with Crippen molar-refractivity contribution in [3.63, 3.8) is 0 Å². The minimum absolute atomic E-state index is 0.472. The van der Waals surface area contributed by atoms with Crippen LogP contribution in [0.15, 0.2) is 60.8 Å². The zero-order chi connectivity index (χ0) is 13.9. The number of nitrogen functional groups attached to an aromatic ring is 1. The lowest BCUT2D eigenvalue weighted by Gasteiger charge is -2.09. The van der Waals surface area contributed by atoms with E-state index < -0.39 is 6.10 Å². The molecule has 3 aromatic rings. The van der Waals surface area contributed by atoms with Crippen molar-refractivity contribution in [2.45, 2.75) is 6.10 Å². The molecule has 1 heterocycles. The summed E-state index contributed by atoms with van der Waals surface area (Å²) in [6.07, 6.45) is 0.949. The third-order valence-electron chi connectivity index (χ3n) is 3.14. The molecule has 4 heteroatoms. The topological polar surface area (TPSA) is 59.1 Å². The molecule has 2 aromatic carbocycles. The first-order valence-electron chi connectivity index (χ1n) is 6.29. The van der Waals surface area contributed by atoms with Crippen LogP contribution in [-0.2, 0) is 0 Å². The first-order valence-corrected chi connectivity index (χ1v) is 7.10. The molecule has 3 N–H and O–H groups in total. The van der Waals surface area contributed by atoms with Gasteiger partial charge >= 0.3 is 0 Å². The molecular formula is C16H14N2OS. The second-order valence-electron chi connectivity index (χ2n) is 4.49. The van der Waals surface area contributed by atoms with Crippen molar-refractivity contribution in [2.75, 3.05) is 5.73 Å². The summed E-state index contributed by atoms with van der Waals surface area (Å²) in [5, 5.41) is 10.8. The summed E-state index contributed by atoms with van der Waals surface area (Å²) in [6, 6.07) is 18.0. The fourth-order valence-electron chi connectivity index (χ4n) is 2.08. The Morgan fingerprint density at radius 1 is 0.950 bits per heavy atom. The van der Waals surface area contributed by atoms with Gasteiger partial charge in [0.25, 0.3) is 0 Å². The first kappa shape index (κ1) is 12.8. The molecule has 0 bridgehead atoms. The summed E-state index contributed by atoms with van der Waals surface area (Å²) in [5.74, 6) is 0. The number of aromatic nitrogens is 1. The second kappa shape index (κ2) is 5.45. The van der Waals surface area contributed by atoms with E-state index in [2.05, 4.69) is 17.1 Å². The average molecular weight is 282 g/mol. The highest BCUT2D eigenvalue weighted by Gasteiger charge is 2.13. The summed E-state index contributed by atoms with van der Waals surface area (Å²) < 4.78 is 0. The molecule has 3 nitrogen and oxygen atoms in total. The number of hydrogen-bond donors (Lipinski definition) is 2. The lowest BCUT2D eigenvalue weighted by molar-refractivity contribution is 0.224. The Labute approximate surface area is 121 Å². The molecule has 20 heavy (non-hydrogen) atoms. The van der Waals surface area contributed by atoms with Gasteiger partial charge in [0.15, 0.2) is 5.13 Å². The number of aliphatic hydroxyl groups is 1. The van der Waals surface area contributed by atoms with Gasteiger partial charge in [-0.15, -0.1) is 0 Å². The smallest absolute Gasteiger partial charge is 0.180 e. The van der Waals surface area contributed by atoms with Gasteiger partial charge in [-0.25, -0.2) is 4.98 Å². The standard InChI is InChI=1S/C16H14N2OS/c17-16-18-10-14(20-16)15(19)13-8-6-12(7-9-13)11-4-2-1-3-5-11/h1-10,15,19H,(H2,17,18). The maximum atomic E-state index is 10.3. The maximum Gasteiger partial charge on any atom is 0.180 e. The molecule has 0 saturated heterocycles. The first-order chi connectivity index (χ1) is 9.74. The van der Waals surface area contributed by atoms with Crippen molar-refractivity contribution in [3.8, 4) is 11.1 Å². The number of aliphatic hydroxyl groups excluding tert-OH is 1. The minimum atomic E-state index is -0.672. The third kappa shape index (κ3) is 2.57. The van der Waals surface area contributed by atoms with Crippen molar-refractivity contribution in [3.05, 3.63) is 71.2 Å². The number of hydrogen-bond acceptors (Lipinski definition) is 4. The Morgan fingerprint density at radius 3 is 2.20 bits per heavy atom.